The number of non-ortho nitro benzene ring substituents is 1. The SMILES string of the molecule is CC(=O)Nc1cc(Cl)ccc1NC(=O)c1cc([N+](=O)[O-])ccc1C. The fraction of sp³-hybridized carbons (Fsp3) is 0.125. The number of carbonyl (C=O) groups excluding carboxylic acids is 2. The van der Waals surface area contributed by atoms with E-state index in [2.05, 4.69) is 10.6 Å². The van der Waals surface area contributed by atoms with Crippen LogP contribution in [0, 0.1) is 17.0 Å². The molecular formula is C16H14ClN3O4. The van der Waals surface area contributed by atoms with Crippen LogP contribution in [0.5, 0.6) is 0 Å². The van der Waals surface area contributed by atoms with Crippen molar-refractivity contribution >= 4 is 40.5 Å². The molecule has 0 saturated heterocycles. The van der Waals surface area contributed by atoms with Crippen LogP contribution in [0.1, 0.15) is 22.8 Å². The van der Waals surface area contributed by atoms with Gasteiger partial charge in [0.2, 0.25) is 5.91 Å². The van der Waals surface area contributed by atoms with Crippen molar-refractivity contribution in [3.63, 3.8) is 0 Å². The van der Waals surface area contributed by atoms with E-state index in [0.29, 0.717) is 22.0 Å². The molecule has 2 amide bonds. The Hall–Kier alpha value is -2.93. The highest BCUT2D eigenvalue weighted by Gasteiger charge is 2.16. The number of hydrogen-bond acceptors (Lipinski definition) is 4. The molecule has 0 saturated carbocycles. The van der Waals surface area contributed by atoms with Crippen molar-refractivity contribution in [2.45, 2.75) is 13.8 Å². The zero-order valence-electron chi connectivity index (χ0n) is 12.9. The Morgan fingerprint density at radius 3 is 2.42 bits per heavy atom. The number of aryl methyl sites for hydroxylation is 1. The summed E-state index contributed by atoms with van der Waals surface area (Å²) >= 11 is 5.90. The average molecular weight is 348 g/mol. The second kappa shape index (κ2) is 7.10. The standard InChI is InChI=1S/C16H14ClN3O4/c1-9-3-5-12(20(23)24)8-13(9)16(22)19-14-6-4-11(17)7-15(14)18-10(2)21/h3-8H,1-2H3,(H,18,21)(H,19,22). The van der Waals surface area contributed by atoms with E-state index in [9.17, 15) is 19.7 Å². The summed E-state index contributed by atoms with van der Waals surface area (Å²) in [5.41, 5.74) is 1.27. The highest BCUT2D eigenvalue weighted by Crippen LogP contribution is 2.27. The van der Waals surface area contributed by atoms with Gasteiger partial charge in [0.25, 0.3) is 11.6 Å². The van der Waals surface area contributed by atoms with E-state index in [4.69, 9.17) is 11.6 Å². The number of benzene rings is 2. The van der Waals surface area contributed by atoms with Gasteiger partial charge >= 0.3 is 0 Å². The molecule has 124 valence electrons. The number of rotatable bonds is 4. The monoisotopic (exact) mass is 347 g/mol. The van der Waals surface area contributed by atoms with Crippen molar-refractivity contribution in [2.75, 3.05) is 10.6 Å². The van der Waals surface area contributed by atoms with E-state index in [-0.39, 0.29) is 17.2 Å². The van der Waals surface area contributed by atoms with Gasteiger partial charge in [0, 0.05) is 29.6 Å². The molecule has 0 atom stereocenters. The third-order valence-electron chi connectivity index (χ3n) is 3.22. The normalized spacial score (nSPS) is 10.1. The molecule has 0 aliphatic rings. The van der Waals surface area contributed by atoms with Gasteiger partial charge in [0.05, 0.1) is 16.3 Å². The third kappa shape index (κ3) is 4.08. The van der Waals surface area contributed by atoms with Crippen molar-refractivity contribution in [1.29, 1.82) is 0 Å². The Labute approximate surface area is 142 Å². The maximum absolute atomic E-state index is 12.5. The fourth-order valence-electron chi connectivity index (χ4n) is 2.08. The van der Waals surface area contributed by atoms with Crippen LogP contribution >= 0.6 is 11.6 Å². The highest BCUT2D eigenvalue weighted by molar-refractivity contribution is 6.31. The lowest BCUT2D eigenvalue weighted by molar-refractivity contribution is -0.384. The lowest BCUT2D eigenvalue weighted by Gasteiger charge is -2.13. The quantitative estimate of drug-likeness (QED) is 0.649. The van der Waals surface area contributed by atoms with Crippen LogP contribution in [0.3, 0.4) is 0 Å². The first kappa shape index (κ1) is 17.4. The van der Waals surface area contributed by atoms with Gasteiger partial charge in [-0.3, -0.25) is 19.7 Å². The first-order chi connectivity index (χ1) is 11.3. The van der Waals surface area contributed by atoms with Crippen LogP contribution in [0.15, 0.2) is 36.4 Å². The molecule has 0 aliphatic heterocycles. The van der Waals surface area contributed by atoms with Crippen LogP contribution in [0.2, 0.25) is 5.02 Å². The highest BCUT2D eigenvalue weighted by atomic mass is 35.5. The molecule has 8 heteroatoms. The number of halogens is 1. The van der Waals surface area contributed by atoms with E-state index >= 15 is 0 Å². The molecule has 2 N–H and O–H groups in total. The number of hydrogen-bond donors (Lipinski definition) is 2. The van der Waals surface area contributed by atoms with Gasteiger partial charge in [-0.15, -0.1) is 0 Å². The lowest BCUT2D eigenvalue weighted by atomic mass is 10.1. The molecule has 0 aliphatic carbocycles. The zero-order valence-corrected chi connectivity index (χ0v) is 13.7. The van der Waals surface area contributed by atoms with Crippen LogP contribution < -0.4 is 10.6 Å². The number of nitro benzene ring substituents is 1. The van der Waals surface area contributed by atoms with Crippen LogP contribution in [-0.4, -0.2) is 16.7 Å². The predicted octanol–water partition coefficient (Wildman–Crippen LogP) is 3.77. The van der Waals surface area contributed by atoms with Gasteiger partial charge in [0.15, 0.2) is 0 Å². The van der Waals surface area contributed by atoms with E-state index in [0.717, 1.165) is 0 Å². The Morgan fingerprint density at radius 1 is 1.08 bits per heavy atom. The minimum absolute atomic E-state index is 0.174. The molecule has 0 fully saturated rings. The Balaban J connectivity index is 2.35. The summed E-state index contributed by atoms with van der Waals surface area (Å²) < 4.78 is 0. The van der Waals surface area contributed by atoms with E-state index in [1.807, 2.05) is 0 Å². The first-order valence-electron chi connectivity index (χ1n) is 6.91. The topological polar surface area (TPSA) is 101 Å². The predicted molar refractivity (Wildman–Crippen MR) is 91.5 cm³/mol. The molecule has 0 radical (unpaired) electrons. The van der Waals surface area contributed by atoms with Gasteiger partial charge < -0.3 is 10.6 Å². The lowest BCUT2D eigenvalue weighted by Crippen LogP contribution is -2.16. The Kier molecular flexibility index (Phi) is 5.15. The molecule has 2 aromatic carbocycles. The van der Waals surface area contributed by atoms with Gasteiger partial charge in [-0.25, -0.2) is 0 Å². The summed E-state index contributed by atoms with van der Waals surface area (Å²) in [5, 5.41) is 16.5. The van der Waals surface area contributed by atoms with E-state index in [1.54, 1.807) is 13.0 Å². The average Bonchev–Trinajstić information content (AvgIpc) is 2.49. The zero-order chi connectivity index (χ0) is 17.9. The molecule has 0 unspecified atom stereocenters. The number of nitro groups is 1. The van der Waals surface area contributed by atoms with Gasteiger partial charge in [-0.2, -0.15) is 0 Å². The first-order valence-corrected chi connectivity index (χ1v) is 7.29. The second-order valence-corrected chi connectivity index (χ2v) is 5.52. The fourth-order valence-corrected chi connectivity index (χ4v) is 2.25. The van der Waals surface area contributed by atoms with Crippen LogP contribution in [-0.2, 0) is 4.79 Å². The van der Waals surface area contributed by atoms with Crippen LogP contribution in [0.25, 0.3) is 0 Å². The van der Waals surface area contributed by atoms with Crippen LogP contribution in [0.4, 0.5) is 17.1 Å². The van der Waals surface area contributed by atoms with Crippen molar-refractivity contribution in [3.05, 3.63) is 62.7 Å². The van der Waals surface area contributed by atoms with E-state index < -0.39 is 10.8 Å². The summed E-state index contributed by atoms with van der Waals surface area (Å²) in [4.78, 5) is 34.0. The Bertz CT molecular complexity index is 836. The number of anilines is 2. The minimum Gasteiger partial charge on any atom is -0.324 e. The maximum Gasteiger partial charge on any atom is 0.270 e. The molecule has 0 heterocycles. The molecule has 0 bridgehead atoms. The molecule has 2 aromatic rings. The summed E-state index contributed by atoms with van der Waals surface area (Å²) in [6.07, 6.45) is 0. The van der Waals surface area contributed by atoms with E-state index in [1.165, 1.54) is 37.3 Å². The molecule has 2 rings (SSSR count). The summed E-state index contributed by atoms with van der Waals surface area (Å²) in [6.45, 7) is 3.01. The summed E-state index contributed by atoms with van der Waals surface area (Å²) in [6, 6.07) is 8.64. The van der Waals surface area contributed by atoms with Gasteiger partial charge in [-0.1, -0.05) is 17.7 Å². The summed E-state index contributed by atoms with van der Waals surface area (Å²) in [7, 11) is 0. The molecule has 0 aromatic heterocycles. The van der Waals surface area contributed by atoms with Gasteiger partial charge in [-0.05, 0) is 30.7 Å². The summed E-state index contributed by atoms with van der Waals surface area (Å²) in [5.74, 6) is -0.843. The third-order valence-corrected chi connectivity index (χ3v) is 3.45. The molecule has 7 nitrogen and oxygen atoms in total. The van der Waals surface area contributed by atoms with Gasteiger partial charge in [0.1, 0.15) is 0 Å². The van der Waals surface area contributed by atoms with Crippen molar-refractivity contribution < 1.29 is 14.5 Å². The van der Waals surface area contributed by atoms with Crippen molar-refractivity contribution in [3.8, 4) is 0 Å². The van der Waals surface area contributed by atoms with Crippen molar-refractivity contribution in [1.82, 2.24) is 0 Å². The number of carbonyl (C=O) groups is 2. The number of nitrogens with one attached hydrogen (secondary N) is 2. The molecular weight excluding hydrogens is 334 g/mol. The molecule has 24 heavy (non-hydrogen) atoms. The maximum atomic E-state index is 12.5. The number of nitrogens with zero attached hydrogens (tertiary/aromatic N) is 1. The molecule has 0 spiro atoms. The largest absolute Gasteiger partial charge is 0.324 e. The van der Waals surface area contributed by atoms with Crippen molar-refractivity contribution in [2.24, 2.45) is 0 Å². The minimum atomic E-state index is -0.568. The Morgan fingerprint density at radius 2 is 1.79 bits per heavy atom. The second-order valence-electron chi connectivity index (χ2n) is 5.08. The smallest absolute Gasteiger partial charge is 0.270 e. The number of amides is 2.